The highest BCUT2D eigenvalue weighted by Gasteiger charge is 2.14. The molecule has 1 aliphatic heterocycles. The minimum absolute atomic E-state index is 0.00331. The van der Waals surface area contributed by atoms with Crippen LogP contribution in [0, 0.1) is 10.1 Å². The maximum absolute atomic E-state index is 12.2. The second-order valence-electron chi connectivity index (χ2n) is 6.85. The Morgan fingerprint density at radius 1 is 1.27 bits per heavy atom. The highest BCUT2D eigenvalue weighted by atomic mass is 16.6. The first-order valence-corrected chi connectivity index (χ1v) is 9.57. The molecule has 0 aliphatic carbocycles. The zero-order valence-electron chi connectivity index (χ0n) is 16.7. The highest BCUT2D eigenvalue weighted by molar-refractivity contribution is 5.83. The SMILES string of the molecule is COc1ccc(CC(=O)N/N=C\c2ccc([N+](=O)[O-])cc2)cc1CN1CCOCC1. The van der Waals surface area contributed by atoms with Gasteiger partial charge in [0, 0.05) is 37.3 Å². The topological polar surface area (TPSA) is 106 Å². The summed E-state index contributed by atoms with van der Waals surface area (Å²) in [5.41, 5.74) is 5.03. The third-order valence-electron chi connectivity index (χ3n) is 4.71. The van der Waals surface area contributed by atoms with E-state index < -0.39 is 4.92 Å². The minimum Gasteiger partial charge on any atom is -0.496 e. The number of nitro benzene ring substituents is 1. The van der Waals surface area contributed by atoms with Gasteiger partial charge in [0.15, 0.2) is 0 Å². The highest BCUT2D eigenvalue weighted by Crippen LogP contribution is 2.22. The van der Waals surface area contributed by atoms with Crippen LogP contribution in [0.4, 0.5) is 5.69 Å². The second-order valence-corrected chi connectivity index (χ2v) is 6.85. The molecule has 158 valence electrons. The van der Waals surface area contributed by atoms with Crippen molar-refractivity contribution in [1.29, 1.82) is 0 Å². The van der Waals surface area contributed by atoms with Crippen LogP contribution in [-0.2, 0) is 22.5 Å². The largest absolute Gasteiger partial charge is 0.496 e. The molecule has 0 atom stereocenters. The average Bonchev–Trinajstić information content (AvgIpc) is 2.75. The fraction of sp³-hybridized carbons (Fsp3) is 0.333. The smallest absolute Gasteiger partial charge is 0.269 e. The fourth-order valence-corrected chi connectivity index (χ4v) is 3.15. The lowest BCUT2D eigenvalue weighted by Gasteiger charge is -2.27. The van der Waals surface area contributed by atoms with Crippen molar-refractivity contribution in [2.24, 2.45) is 5.10 Å². The summed E-state index contributed by atoms with van der Waals surface area (Å²) in [6.45, 7) is 3.91. The predicted molar refractivity (Wildman–Crippen MR) is 112 cm³/mol. The van der Waals surface area contributed by atoms with Crippen molar-refractivity contribution in [2.75, 3.05) is 33.4 Å². The van der Waals surface area contributed by atoms with Gasteiger partial charge >= 0.3 is 0 Å². The fourth-order valence-electron chi connectivity index (χ4n) is 3.15. The molecule has 0 aromatic heterocycles. The molecular weight excluding hydrogens is 388 g/mol. The number of carbonyl (C=O) groups is 1. The number of methoxy groups -OCH3 is 1. The first kappa shape index (κ1) is 21.4. The number of benzene rings is 2. The van der Waals surface area contributed by atoms with Gasteiger partial charge in [-0.2, -0.15) is 5.10 Å². The van der Waals surface area contributed by atoms with Crippen molar-refractivity contribution in [3.8, 4) is 5.75 Å². The zero-order valence-corrected chi connectivity index (χ0v) is 16.7. The van der Waals surface area contributed by atoms with Gasteiger partial charge in [-0.1, -0.05) is 12.1 Å². The van der Waals surface area contributed by atoms with Crippen molar-refractivity contribution in [3.63, 3.8) is 0 Å². The summed E-state index contributed by atoms with van der Waals surface area (Å²) in [7, 11) is 1.64. The maximum atomic E-state index is 12.2. The van der Waals surface area contributed by atoms with Gasteiger partial charge in [-0.15, -0.1) is 0 Å². The van der Waals surface area contributed by atoms with Crippen molar-refractivity contribution < 1.29 is 19.2 Å². The molecule has 0 radical (unpaired) electrons. The first-order chi connectivity index (χ1) is 14.5. The number of hydrogen-bond donors (Lipinski definition) is 1. The molecule has 1 heterocycles. The molecule has 3 rings (SSSR count). The Morgan fingerprint density at radius 3 is 2.67 bits per heavy atom. The van der Waals surface area contributed by atoms with E-state index in [-0.39, 0.29) is 18.0 Å². The molecule has 9 heteroatoms. The van der Waals surface area contributed by atoms with E-state index in [9.17, 15) is 14.9 Å². The van der Waals surface area contributed by atoms with E-state index >= 15 is 0 Å². The minimum atomic E-state index is -0.467. The number of morpholine rings is 1. The molecule has 2 aromatic carbocycles. The van der Waals surface area contributed by atoms with E-state index in [2.05, 4.69) is 15.4 Å². The number of amides is 1. The number of ether oxygens (including phenoxy) is 2. The number of nitrogens with zero attached hydrogens (tertiary/aromatic N) is 3. The van der Waals surface area contributed by atoms with Gasteiger partial charge < -0.3 is 9.47 Å². The summed E-state index contributed by atoms with van der Waals surface area (Å²) < 4.78 is 10.8. The molecular formula is C21H24N4O5. The van der Waals surface area contributed by atoms with E-state index in [0.717, 1.165) is 49.7 Å². The normalized spacial score (nSPS) is 14.6. The van der Waals surface area contributed by atoms with Crippen LogP contribution in [0.25, 0.3) is 0 Å². The van der Waals surface area contributed by atoms with Crippen molar-refractivity contribution in [1.82, 2.24) is 10.3 Å². The predicted octanol–water partition coefficient (Wildman–Crippen LogP) is 2.13. The van der Waals surface area contributed by atoms with Gasteiger partial charge in [-0.05, 0) is 29.3 Å². The molecule has 0 spiro atoms. The van der Waals surface area contributed by atoms with Crippen LogP contribution in [0.3, 0.4) is 0 Å². The first-order valence-electron chi connectivity index (χ1n) is 9.57. The second kappa shape index (κ2) is 10.5. The number of hydrogen-bond acceptors (Lipinski definition) is 7. The van der Waals surface area contributed by atoms with Crippen LogP contribution < -0.4 is 10.2 Å². The quantitative estimate of drug-likeness (QED) is 0.404. The molecule has 2 aromatic rings. The Hall–Kier alpha value is -3.30. The monoisotopic (exact) mass is 412 g/mol. The third-order valence-corrected chi connectivity index (χ3v) is 4.71. The molecule has 1 aliphatic rings. The summed E-state index contributed by atoms with van der Waals surface area (Å²) >= 11 is 0. The van der Waals surface area contributed by atoms with E-state index in [1.807, 2.05) is 18.2 Å². The van der Waals surface area contributed by atoms with Crippen molar-refractivity contribution in [3.05, 3.63) is 69.3 Å². The maximum Gasteiger partial charge on any atom is 0.269 e. The summed E-state index contributed by atoms with van der Waals surface area (Å²) in [5.74, 6) is 0.539. The van der Waals surface area contributed by atoms with E-state index in [4.69, 9.17) is 9.47 Å². The lowest BCUT2D eigenvalue weighted by Crippen LogP contribution is -2.35. The van der Waals surface area contributed by atoms with Gasteiger partial charge in [-0.25, -0.2) is 5.43 Å². The van der Waals surface area contributed by atoms with E-state index in [0.29, 0.717) is 5.56 Å². The standard InChI is InChI=1S/C21H24N4O5/c1-29-20-7-4-17(12-18(20)15-24-8-10-30-11-9-24)13-21(26)23-22-14-16-2-5-19(6-3-16)25(27)28/h2-7,12,14H,8-11,13,15H2,1H3,(H,23,26)/b22-14-. The Balaban J connectivity index is 1.57. The molecule has 1 fully saturated rings. The van der Waals surface area contributed by atoms with Crippen molar-refractivity contribution >= 4 is 17.8 Å². The van der Waals surface area contributed by atoms with Crippen LogP contribution in [-0.4, -0.2) is 55.4 Å². The lowest BCUT2D eigenvalue weighted by atomic mass is 10.1. The summed E-state index contributed by atoms with van der Waals surface area (Å²) in [4.78, 5) is 24.7. The van der Waals surface area contributed by atoms with Gasteiger partial charge in [0.2, 0.25) is 5.91 Å². The number of nitro groups is 1. The average molecular weight is 412 g/mol. The molecule has 1 N–H and O–H groups in total. The molecule has 9 nitrogen and oxygen atoms in total. The zero-order chi connectivity index (χ0) is 21.3. The number of hydrazone groups is 1. The van der Waals surface area contributed by atoms with Crippen LogP contribution in [0.5, 0.6) is 5.75 Å². The van der Waals surface area contributed by atoms with Gasteiger partial charge in [0.05, 0.1) is 37.9 Å². The summed E-state index contributed by atoms with van der Waals surface area (Å²) in [6.07, 6.45) is 1.62. The Kier molecular flexibility index (Phi) is 7.47. The van der Waals surface area contributed by atoms with Crippen LogP contribution >= 0.6 is 0 Å². The van der Waals surface area contributed by atoms with Crippen LogP contribution in [0.1, 0.15) is 16.7 Å². The van der Waals surface area contributed by atoms with Crippen molar-refractivity contribution in [2.45, 2.75) is 13.0 Å². The number of rotatable bonds is 8. The molecule has 1 amide bonds. The van der Waals surface area contributed by atoms with E-state index in [1.54, 1.807) is 19.2 Å². The molecule has 0 saturated carbocycles. The summed E-state index contributed by atoms with van der Waals surface area (Å²) in [6, 6.07) is 11.6. The number of non-ortho nitro benzene ring substituents is 1. The Bertz CT molecular complexity index is 908. The third kappa shape index (κ3) is 6.10. The van der Waals surface area contributed by atoms with Crippen LogP contribution in [0.2, 0.25) is 0 Å². The molecule has 0 unspecified atom stereocenters. The van der Waals surface area contributed by atoms with E-state index in [1.165, 1.54) is 18.3 Å². The Morgan fingerprint density at radius 2 is 2.00 bits per heavy atom. The van der Waals surface area contributed by atoms with Gasteiger partial charge in [0.1, 0.15) is 5.75 Å². The van der Waals surface area contributed by atoms with Crippen LogP contribution in [0.15, 0.2) is 47.6 Å². The molecule has 1 saturated heterocycles. The molecule has 30 heavy (non-hydrogen) atoms. The van der Waals surface area contributed by atoms with Gasteiger partial charge in [0.25, 0.3) is 5.69 Å². The molecule has 0 bridgehead atoms. The summed E-state index contributed by atoms with van der Waals surface area (Å²) in [5, 5.41) is 14.6. The number of carbonyl (C=O) groups excluding carboxylic acids is 1. The number of nitrogens with one attached hydrogen (secondary N) is 1. The van der Waals surface area contributed by atoms with Gasteiger partial charge in [-0.3, -0.25) is 19.8 Å². The lowest BCUT2D eigenvalue weighted by molar-refractivity contribution is -0.384. The Labute approximate surface area is 174 Å².